The van der Waals surface area contributed by atoms with Crippen molar-refractivity contribution in [1.29, 1.82) is 0 Å². The lowest BCUT2D eigenvalue weighted by Crippen LogP contribution is -2.19. The maximum absolute atomic E-state index is 4.38. The average molecular weight is 351 g/mol. The number of thioether (sulfide) groups is 1. The first-order valence-corrected chi connectivity index (χ1v) is 8.97. The van der Waals surface area contributed by atoms with Crippen LogP contribution in [0.5, 0.6) is 0 Å². The number of rotatable bonds is 4. The van der Waals surface area contributed by atoms with E-state index in [0.29, 0.717) is 6.04 Å². The number of hydrogen-bond donors (Lipinski definition) is 0. The normalized spacial score (nSPS) is 22.9. The van der Waals surface area contributed by atoms with Crippen molar-refractivity contribution in [3.8, 4) is 0 Å². The molecule has 20 heavy (non-hydrogen) atoms. The smallest absolute Gasteiger partial charge is 0.0519 e. The van der Waals surface area contributed by atoms with E-state index in [2.05, 4.69) is 56.2 Å². The third-order valence-electron chi connectivity index (χ3n) is 4.03. The first-order chi connectivity index (χ1) is 9.83. The second-order valence-corrected chi connectivity index (χ2v) is 7.32. The summed E-state index contributed by atoms with van der Waals surface area (Å²) in [7, 11) is 0. The van der Waals surface area contributed by atoms with Crippen molar-refractivity contribution in [2.45, 2.75) is 36.6 Å². The van der Waals surface area contributed by atoms with E-state index in [1.165, 1.54) is 40.8 Å². The molecule has 2 aromatic rings. The van der Waals surface area contributed by atoms with Crippen molar-refractivity contribution < 1.29 is 0 Å². The molecule has 2 nitrogen and oxygen atoms in total. The minimum Gasteiger partial charge on any atom is -0.270 e. The molecule has 1 aliphatic carbocycles. The number of hydrogen-bond acceptors (Lipinski definition) is 2. The minimum absolute atomic E-state index is 0.620. The van der Waals surface area contributed by atoms with E-state index in [4.69, 9.17) is 0 Å². The van der Waals surface area contributed by atoms with E-state index in [-0.39, 0.29) is 0 Å². The molecule has 106 valence electrons. The van der Waals surface area contributed by atoms with Crippen LogP contribution in [0.2, 0.25) is 0 Å². The monoisotopic (exact) mass is 350 g/mol. The molecule has 0 saturated heterocycles. The molecule has 0 atom stereocenters. The van der Waals surface area contributed by atoms with Crippen LogP contribution in [0.4, 0.5) is 0 Å². The molecule has 3 rings (SSSR count). The van der Waals surface area contributed by atoms with Gasteiger partial charge in [-0.2, -0.15) is 5.10 Å². The molecule has 1 aliphatic rings. The lowest BCUT2D eigenvalue weighted by Gasteiger charge is -2.28. The third kappa shape index (κ3) is 3.47. The van der Waals surface area contributed by atoms with E-state index in [1.54, 1.807) is 0 Å². The van der Waals surface area contributed by atoms with Gasteiger partial charge in [-0.15, -0.1) is 11.8 Å². The quantitative estimate of drug-likeness (QED) is 0.708. The minimum atomic E-state index is 0.620. The highest BCUT2D eigenvalue weighted by molar-refractivity contribution is 9.10. The van der Waals surface area contributed by atoms with Crippen LogP contribution >= 0.6 is 27.7 Å². The summed E-state index contributed by atoms with van der Waals surface area (Å²) in [5.41, 5.74) is 0. The second-order valence-electron chi connectivity index (χ2n) is 5.40. The molecule has 1 aromatic heterocycles. The van der Waals surface area contributed by atoms with E-state index >= 15 is 0 Å². The topological polar surface area (TPSA) is 17.8 Å². The van der Waals surface area contributed by atoms with Crippen LogP contribution in [0, 0.1) is 5.92 Å². The Labute approximate surface area is 133 Å². The molecule has 4 heteroatoms. The zero-order chi connectivity index (χ0) is 13.8. The van der Waals surface area contributed by atoms with Crippen LogP contribution in [0.25, 0.3) is 0 Å². The molecule has 0 aliphatic heterocycles. The second kappa shape index (κ2) is 6.81. The maximum Gasteiger partial charge on any atom is 0.0519 e. The van der Waals surface area contributed by atoms with Crippen molar-refractivity contribution in [2.24, 2.45) is 5.92 Å². The van der Waals surface area contributed by atoms with Crippen molar-refractivity contribution in [2.75, 3.05) is 5.75 Å². The van der Waals surface area contributed by atoms with Gasteiger partial charge in [0.2, 0.25) is 0 Å². The Hall–Kier alpha value is -0.740. The van der Waals surface area contributed by atoms with Gasteiger partial charge in [-0.25, -0.2) is 0 Å². The molecule has 1 aromatic carbocycles. The Bertz CT molecular complexity index is 533. The Morgan fingerprint density at radius 3 is 2.65 bits per heavy atom. The van der Waals surface area contributed by atoms with Crippen LogP contribution in [0.1, 0.15) is 31.7 Å². The third-order valence-corrected chi connectivity index (χ3v) is 6.29. The summed E-state index contributed by atoms with van der Waals surface area (Å²) >= 11 is 5.61. The maximum atomic E-state index is 4.38. The van der Waals surface area contributed by atoms with Gasteiger partial charge in [-0.05, 0) is 65.7 Å². The first-order valence-electron chi connectivity index (χ1n) is 7.19. The lowest BCUT2D eigenvalue weighted by atomic mass is 9.87. The SMILES string of the molecule is Brc1ccccc1SCC1CCC(n2cccn2)CC1. The van der Waals surface area contributed by atoms with Crippen molar-refractivity contribution in [1.82, 2.24) is 9.78 Å². The fraction of sp³-hybridized carbons (Fsp3) is 0.438. The summed E-state index contributed by atoms with van der Waals surface area (Å²) in [5.74, 6) is 2.08. The summed E-state index contributed by atoms with van der Waals surface area (Å²) in [6.45, 7) is 0. The fourth-order valence-electron chi connectivity index (χ4n) is 2.84. The van der Waals surface area contributed by atoms with Gasteiger partial charge in [0.15, 0.2) is 0 Å². The number of aromatic nitrogens is 2. The van der Waals surface area contributed by atoms with Gasteiger partial charge >= 0.3 is 0 Å². The molecule has 0 bridgehead atoms. The number of benzene rings is 1. The van der Waals surface area contributed by atoms with Crippen LogP contribution < -0.4 is 0 Å². The van der Waals surface area contributed by atoms with Gasteiger partial charge in [-0.3, -0.25) is 4.68 Å². The molecule has 1 saturated carbocycles. The predicted octanol–water partition coefficient (Wildman–Crippen LogP) is 5.17. The molecular weight excluding hydrogens is 332 g/mol. The summed E-state index contributed by atoms with van der Waals surface area (Å²) in [6, 6.07) is 11.1. The Morgan fingerprint density at radius 1 is 1.15 bits per heavy atom. The Morgan fingerprint density at radius 2 is 1.95 bits per heavy atom. The van der Waals surface area contributed by atoms with E-state index < -0.39 is 0 Å². The molecule has 0 N–H and O–H groups in total. The van der Waals surface area contributed by atoms with Crippen LogP contribution in [0.3, 0.4) is 0 Å². The van der Waals surface area contributed by atoms with Gasteiger partial charge in [-0.1, -0.05) is 12.1 Å². The zero-order valence-electron chi connectivity index (χ0n) is 11.4. The van der Waals surface area contributed by atoms with Crippen molar-refractivity contribution >= 4 is 27.7 Å². The van der Waals surface area contributed by atoms with Gasteiger partial charge in [0, 0.05) is 27.5 Å². The van der Waals surface area contributed by atoms with E-state index in [0.717, 1.165) is 5.92 Å². The summed E-state index contributed by atoms with van der Waals surface area (Å²) < 4.78 is 3.35. The fourth-order valence-corrected chi connectivity index (χ4v) is 4.60. The summed E-state index contributed by atoms with van der Waals surface area (Å²) in [4.78, 5) is 1.36. The highest BCUT2D eigenvalue weighted by atomic mass is 79.9. The summed E-state index contributed by atoms with van der Waals surface area (Å²) in [6.07, 6.45) is 9.16. The molecular formula is C16H19BrN2S. The number of nitrogens with zero attached hydrogens (tertiary/aromatic N) is 2. The Balaban J connectivity index is 1.48. The first kappa shape index (κ1) is 14.2. The van der Waals surface area contributed by atoms with Gasteiger partial charge < -0.3 is 0 Å². The van der Waals surface area contributed by atoms with E-state index in [1.807, 2.05) is 24.0 Å². The molecule has 1 fully saturated rings. The van der Waals surface area contributed by atoms with Gasteiger partial charge in [0.05, 0.1) is 6.04 Å². The van der Waals surface area contributed by atoms with E-state index in [9.17, 15) is 0 Å². The lowest BCUT2D eigenvalue weighted by molar-refractivity contribution is 0.277. The Kier molecular flexibility index (Phi) is 4.84. The van der Waals surface area contributed by atoms with Gasteiger partial charge in [0.25, 0.3) is 0 Å². The molecule has 0 amide bonds. The van der Waals surface area contributed by atoms with Crippen LogP contribution in [0.15, 0.2) is 52.1 Å². The number of halogens is 1. The molecule has 0 radical (unpaired) electrons. The molecule has 0 unspecified atom stereocenters. The standard InChI is InChI=1S/C16H19BrN2S/c17-15-4-1-2-5-16(15)20-12-13-6-8-14(9-7-13)19-11-3-10-18-19/h1-5,10-11,13-14H,6-9,12H2. The largest absolute Gasteiger partial charge is 0.270 e. The van der Waals surface area contributed by atoms with Crippen LogP contribution in [-0.4, -0.2) is 15.5 Å². The van der Waals surface area contributed by atoms with Gasteiger partial charge in [0.1, 0.15) is 0 Å². The van der Waals surface area contributed by atoms with Crippen molar-refractivity contribution in [3.63, 3.8) is 0 Å². The predicted molar refractivity (Wildman–Crippen MR) is 88.1 cm³/mol. The van der Waals surface area contributed by atoms with Crippen molar-refractivity contribution in [3.05, 3.63) is 47.2 Å². The van der Waals surface area contributed by atoms with Crippen LogP contribution in [-0.2, 0) is 0 Å². The zero-order valence-corrected chi connectivity index (χ0v) is 13.8. The molecule has 0 spiro atoms. The highest BCUT2D eigenvalue weighted by Crippen LogP contribution is 2.36. The summed E-state index contributed by atoms with van der Waals surface area (Å²) in [5, 5.41) is 4.38. The highest BCUT2D eigenvalue weighted by Gasteiger charge is 2.22. The average Bonchev–Trinajstić information content (AvgIpc) is 3.01. The molecule has 1 heterocycles.